The first-order valence-corrected chi connectivity index (χ1v) is 5.79. The van der Waals surface area contributed by atoms with Crippen molar-refractivity contribution in [3.05, 3.63) is 29.7 Å². The molecule has 0 radical (unpaired) electrons. The van der Waals surface area contributed by atoms with Crippen LogP contribution in [0.4, 0.5) is 0 Å². The first-order valence-electron chi connectivity index (χ1n) is 5.79. The maximum Gasteiger partial charge on any atom is 0.309 e. The maximum absolute atomic E-state index is 10.6. The number of rotatable bonds is 3. The van der Waals surface area contributed by atoms with Gasteiger partial charge in [-0.05, 0) is 25.0 Å². The van der Waals surface area contributed by atoms with Gasteiger partial charge in [-0.1, -0.05) is 6.42 Å². The Bertz CT molecular complexity index is 572. The maximum atomic E-state index is 10.6. The Balaban J connectivity index is 1.95. The summed E-state index contributed by atoms with van der Waals surface area (Å²) in [6.07, 6.45) is 5.33. The third-order valence-electron chi connectivity index (χ3n) is 3.25. The van der Waals surface area contributed by atoms with Crippen molar-refractivity contribution in [2.75, 3.05) is 0 Å². The summed E-state index contributed by atoms with van der Waals surface area (Å²) < 4.78 is 1.69. The van der Waals surface area contributed by atoms with Gasteiger partial charge in [-0.3, -0.25) is 4.79 Å². The molecule has 1 saturated carbocycles. The molecule has 2 aromatic heterocycles. The molecule has 2 aromatic rings. The van der Waals surface area contributed by atoms with Crippen LogP contribution in [-0.4, -0.2) is 25.7 Å². The molecular weight excluding hydrogens is 218 g/mol. The van der Waals surface area contributed by atoms with Crippen LogP contribution in [-0.2, 0) is 11.2 Å². The first kappa shape index (κ1) is 10.3. The molecule has 0 amide bonds. The van der Waals surface area contributed by atoms with Gasteiger partial charge in [0.15, 0.2) is 5.65 Å². The van der Waals surface area contributed by atoms with Crippen LogP contribution in [0.2, 0.25) is 0 Å². The van der Waals surface area contributed by atoms with Gasteiger partial charge in [-0.25, -0.2) is 9.50 Å². The summed E-state index contributed by atoms with van der Waals surface area (Å²) in [6.45, 7) is 0. The molecule has 5 heteroatoms. The molecule has 17 heavy (non-hydrogen) atoms. The van der Waals surface area contributed by atoms with Crippen LogP contribution in [0.25, 0.3) is 5.65 Å². The van der Waals surface area contributed by atoms with Crippen LogP contribution < -0.4 is 0 Å². The molecule has 0 aromatic carbocycles. The van der Waals surface area contributed by atoms with E-state index < -0.39 is 5.97 Å². The first-order chi connectivity index (χ1) is 8.22. The van der Waals surface area contributed by atoms with Crippen molar-refractivity contribution >= 4 is 11.6 Å². The van der Waals surface area contributed by atoms with Crippen LogP contribution in [0.5, 0.6) is 0 Å². The number of fused-ring (bicyclic) bond motifs is 1. The van der Waals surface area contributed by atoms with Crippen LogP contribution in [0.1, 0.15) is 36.6 Å². The molecule has 88 valence electrons. The molecular formula is C12H13N3O2. The summed E-state index contributed by atoms with van der Waals surface area (Å²) in [5.41, 5.74) is 2.35. The standard InChI is InChI=1S/C12H13N3O2/c16-12(17)6-9-7-15-11(13-9)5-4-10(14-15)8-2-1-3-8/h4-5,7-8H,1-3,6H2,(H,16,17). The quantitative estimate of drug-likeness (QED) is 0.871. The molecule has 1 fully saturated rings. The minimum atomic E-state index is -0.868. The summed E-state index contributed by atoms with van der Waals surface area (Å²) in [6, 6.07) is 3.91. The van der Waals surface area contributed by atoms with Gasteiger partial charge in [0.25, 0.3) is 0 Å². The average molecular weight is 231 g/mol. The number of hydrogen-bond acceptors (Lipinski definition) is 3. The van der Waals surface area contributed by atoms with Gasteiger partial charge >= 0.3 is 5.97 Å². The van der Waals surface area contributed by atoms with E-state index in [4.69, 9.17) is 5.11 Å². The van der Waals surface area contributed by atoms with Gasteiger partial charge in [-0.15, -0.1) is 0 Å². The predicted molar refractivity (Wildman–Crippen MR) is 60.9 cm³/mol. The fraction of sp³-hybridized carbons (Fsp3) is 0.417. The third-order valence-corrected chi connectivity index (χ3v) is 3.25. The lowest BCUT2D eigenvalue weighted by molar-refractivity contribution is -0.136. The lowest BCUT2D eigenvalue weighted by atomic mass is 9.83. The van der Waals surface area contributed by atoms with Crippen molar-refractivity contribution in [1.82, 2.24) is 14.6 Å². The number of aliphatic carboxylic acids is 1. The molecule has 0 atom stereocenters. The van der Waals surface area contributed by atoms with Gasteiger partial charge in [0.05, 0.1) is 24.0 Å². The summed E-state index contributed by atoms with van der Waals surface area (Å²) in [5.74, 6) is -0.294. The van der Waals surface area contributed by atoms with Crippen molar-refractivity contribution in [2.24, 2.45) is 0 Å². The fourth-order valence-corrected chi connectivity index (χ4v) is 2.11. The molecule has 0 unspecified atom stereocenters. The molecule has 1 aliphatic rings. The number of aromatic nitrogens is 3. The molecule has 2 heterocycles. The predicted octanol–water partition coefficient (Wildman–Crippen LogP) is 1.62. The van der Waals surface area contributed by atoms with E-state index in [2.05, 4.69) is 10.1 Å². The van der Waals surface area contributed by atoms with Gasteiger partial charge in [0.1, 0.15) is 0 Å². The number of carboxylic acid groups (broad SMARTS) is 1. The minimum Gasteiger partial charge on any atom is -0.481 e. The van der Waals surface area contributed by atoms with Crippen molar-refractivity contribution in [3.63, 3.8) is 0 Å². The fourth-order valence-electron chi connectivity index (χ4n) is 2.11. The zero-order valence-corrected chi connectivity index (χ0v) is 9.33. The van der Waals surface area contributed by atoms with Crippen molar-refractivity contribution in [3.8, 4) is 0 Å². The third kappa shape index (κ3) is 1.88. The Labute approximate surface area is 98.1 Å². The second-order valence-corrected chi connectivity index (χ2v) is 4.49. The molecule has 0 saturated heterocycles. The summed E-state index contributed by atoms with van der Waals surface area (Å²) >= 11 is 0. The van der Waals surface area contributed by atoms with E-state index in [-0.39, 0.29) is 6.42 Å². The normalized spacial score (nSPS) is 16.0. The van der Waals surface area contributed by atoms with Crippen LogP contribution in [0, 0.1) is 0 Å². The highest BCUT2D eigenvalue weighted by molar-refractivity contribution is 5.69. The van der Waals surface area contributed by atoms with Crippen molar-refractivity contribution in [1.29, 1.82) is 0 Å². The van der Waals surface area contributed by atoms with Crippen molar-refractivity contribution < 1.29 is 9.90 Å². The summed E-state index contributed by atoms with van der Waals surface area (Å²) in [4.78, 5) is 14.8. The van der Waals surface area contributed by atoms with E-state index in [0.29, 0.717) is 17.3 Å². The molecule has 1 N–H and O–H groups in total. The number of carboxylic acids is 1. The van der Waals surface area contributed by atoms with E-state index in [0.717, 1.165) is 5.69 Å². The van der Waals surface area contributed by atoms with Crippen LogP contribution >= 0.6 is 0 Å². The van der Waals surface area contributed by atoms with Crippen LogP contribution in [0.3, 0.4) is 0 Å². The Morgan fingerprint density at radius 2 is 2.29 bits per heavy atom. The van der Waals surface area contributed by atoms with Gasteiger partial charge in [-0.2, -0.15) is 5.10 Å². The van der Waals surface area contributed by atoms with E-state index >= 15 is 0 Å². The molecule has 3 rings (SSSR count). The lowest BCUT2D eigenvalue weighted by Gasteiger charge is -2.24. The molecule has 0 spiro atoms. The average Bonchev–Trinajstić information content (AvgIpc) is 2.55. The lowest BCUT2D eigenvalue weighted by Crippen LogP contribution is -2.11. The Hall–Kier alpha value is -1.91. The Morgan fingerprint density at radius 1 is 1.47 bits per heavy atom. The van der Waals surface area contributed by atoms with E-state index in [1.807, 2.05) is 12.1 Å². The number of imidazole rings is 1. The number of hydrogen-bond donors (Lipinski definition) is 1. The topological polar surface area (TPSA) is 67.5 Å². The second-order valence-electron chi connectivity index (χ2n) is 4.49. The number of carbonyl (C=O) groups is 1. The molecule has 0 aliphatic heterocycles. The molecule has 0 bridgehead atoms. The summed E-state index contributed by atoms with van der Waals surface area (Å²) in [5, 5.41) is 13.2. The largest absolute Gasteiger partial charge is 0.481 e. The zero-order chi connectivity index (χ0) is 11.8. The highest BCUT2D eigenvalue weighted by Crippen LogP contribution is 2.34. The second kappa shape index (κ2) is 3.84. The van der Waals surface area contributed by atoms with Gasteiger partial charge in [0.2, 0.25) is 0 Å². The smallest absolute Gasteiger partial charge is 0.309 e. The van der Waals surface area contributed by atoms with E-state index in [1.54, 1.807) is 10.7 Å². The van der Waals surface area contributed by atoms with Crippen molar-refractivity contribution in [2.45, 2.75) is 31.6 Å². The monoisotopic (exact) mass is 231 g/mol. The van der Waals surface area contributed by atoms with E-state index in [9.17, 15) is 4.79 Å². The molecule has 1 aliphatic carbocycles. The molecule has 5 nitrogen and oxygen atoms in total. The Morgan fingerprint density at radius 3 is 2.94 bits per heavy atom. The van der Waals surface area contributed by atoms with Gasteiger partial charge in [0, 0.05) is 5.92 Å². The number of nitrogens with zero attached hydrogens (tertiary/aromatic N) is 3. The summed E-state index contributed by atoms with van der Waals surface area (Å²) in [7, 11) is 0. The SMILES string of the molecule is O=C(O)Cc1cn2nc(C3CCC3)ccc2n1. The van der Waals surface area contributed by atoms with E-state index in [1.165, 1.54) is 19.3 Å². The Kier molecular flexibility index (Phi) is 2.31. The van der Waals surface area contributed by atoms with Gasteiger partial charge < -0.3 is 5.11 Å². The van der Waals surface area contributed by atoms with Crippen LogP contribution in [0.15, 0.2) is 18.3 Å². The zero-order valence-electron chi connectivity index (χ0n) is 9.33. The minimum absolute atomic E-state index is 0.0535. The highest BCUT2D eigenvalue weighted by Gasteiger charge is 2.21. The highest BCUT2D eigenvalue weighted by atomic mass is 16.4.